The van der Waals surface area contributed by atoms with Gasteiger partial charge in [0.2, 0.25) is 0 Å². The van der Waals surface area contributed by atoms with Crippen LogP contribution in [0, 0.1) is 0 Å². The van der Waals surface area contributed by atoms with Crippen LogP contribution in [0.1, 0.15) is 5.56 Å². The number of morpholine rings is 1. The summed E-state index contributed by atoms with van der Waals surface area (Å²) in [5.74, 6) is -0.236. The monoisotopic (exact) mass is 352 g/mol. The molecule has 3 rings (SSSR count). The maximum absolute atomic E-state index is 13.4. The summed E-state index contributed by atoms with van der Waals surface area (Å²) < 4.78 is 45.4. The van der Waals surface area contributed by atoms with E-state index in [1.165, 1.54) is 0 Å². The Hall–Kier alpha value is -2.19. The lowest BCUT2D eigenvalue weighted by Gasteiger charge is -2.26. The van der Waals surface area contributed by atoms with Gasteiger partial charge in [-0.25, -0.2) is 0 Å². The SMILES string of the molecule is FC(F)(F)c1cc(-c2ccccc2)nnc1NCCN1CCOCC1. The molecule has 0 atom stereocenters. The second kappa shape index (κ2) is 7.79. The zero-order chi connectivity index (χ0) is 17.7. The average molecular weight is 352 g/mol. The van der Waals surface area contributed by atoms with Gasteiger partial charge in [0.05, 0.1) is 18.9 Å². The third kappa shape index (κ3) is 4.67. The first-order valence-electron chi connectivity index (χ1n) is 8.08. The van der Waals surface area contributed by atoms with Gasteiger partial charge in [-0.2, -0.15) is 13.2 Å². The van der Waals surface area contributed by atoms with Crippen LogP contribution in [0.25, 0.3) is 11.3 Å². The summed E-state index contributed by atoms with van der Waals surface area (Å²) in [6.07, 6.45) is -4.50. The van der Waals surface area contributed by atoms with E-state index >= 15 is 0 Å². The van der Waals surface area contributed by atoms with Crippen molar-refractivity contribution in [1.29, 1.82) is 0 Å². The van der Waals surface area contributed by atoms with Gasteiger partial charge in [-0.3, -0.25) is 4.90 Å². The summed E-state index contributed by atoms with van der Waals surface area (Å²) in [6.45, 7) is 3.86. The van der Waals surface area contributed by atoms with Crippen molar-refractivity contribution in [2.45, 2.75) is 6.18 Å². The van der Waals surface area contributed by atoms with Gasteiger partial charge in [0.1, 0.15) is 5.56 Å². The van der Waals surface area contributed by atoms with Crippen LogP contribution < -0.4 is 5.32 Å². The van der Waals surface area contributed by atoms with E-state index in [9.17, 15) is 13.2 Å². The fourth-order valence-electron chi connectivity index (χ4n) is 2.65. The summed E-state index contributed by atoms with van der Waals surface area (Å²) in [5.41, 5.74) is -0.00430. The molecule has 0 radical (unpaired) electrons. The third-order valence-electron chi connectivity index (χ3n) is 3.99. The van der Waals surface area contributed by atoms with Crippen molar-refractivity contribution in [3.63, 3.8) is 0 Å². The molecule has 0 saturated carbocycles. The number of benzene rings is 1. The summed E-state index contributed by atoms with van der Waals surface area (Å²) >= 11 is 0. The van der Waals surface area contributed by atoms with E-state index in [1.807, 2.05) is 0 Å². The van der Waals surface area contributed by atoms with Crippen LogP contribution in [0.15, 0.2) is 36.4 Å². The molecule has 2 aromatic rings. The van der Waals surface area contributed by atoms with E-state index in [1.54, 1.807) is 30.3 Å². The number of halogens is 3. The lowest BCUT2D eigenvalue weighted by Crippen LogP contribution is -2.39. The van der Waals surface area contributed by atoms with Gasteiger partial charge in [-0.1, -0.05) is 30.3 Å². The van der Waals surface area contributed by atoms with Gasteiger partial charge >= 0.3 is 6.18 Å². The molecule has 0 spiro atoms. The summed E-state index contributed by atoms with van der Waals surface area (Å²) in [4.78, 5) is 2.13. The minimum Gasteiger partial charge on any atom is -0.379 e. The van der Waals surface area contributed by atoms with Gasteiger partial charge < -0.3 is 10.1 Å². The fraction of sp³-hybridized carbons (Fsp3) is 0.412. The summed E-state index contributed by atoms with van der Waals surface area (Å²) in [5, 5.41) is 10.5. The second-order valence-corrected chi connectivity index (χ2v) is 5.74. The van der Waals surface area contributed by atoms with Crippen LogP contribution in [0.4, 0.5) is 19.0 Å². The van der Waals surface area contributed by atoms with Crippen molar-refractivity contribution >= 4 is 5.82 Å². The number of hydrogen-bond donors (Lipinski definition) is 1. The first-order valence-corrected chi connectivity index (χ1v) is 8.08. The lowest BCUT2D eigenvalue weighted by atomic mass is 10.1. The number of rotatable bonds is 5. The molecule has 1 aromatic heterocycles. The van der Waals surface area contributed by atoms with Crippen molar-refractivity contribution in [3.05, 3.63) is 42.0 Å². The van der Waals surface area contributed by atoms with Crippen molar-refractivity contribution in [2.24, 2.45) is 0 Å². The zero-order valence-corrected chi connectivity index (χ0v) is 13.6. The number of nitrogens with zero attached hydrogens (tertiary/aromatic N) is 3. The van der Waals surface area contributed by atoms with Crippen LogP contribution in [0.2, 0.25) is 0 Å². The molecule has 1 aliphatic heterocycles. The molecule has 1 fully saturated rings. The largest absolute Gasteiger partial charge is 0.420 e. The van der Waals surface area contributed by atoms with E-state index in [-0.39, 0.29) is 11.5 Å². The molecule has 2 heterocycles. The molecule has 1 aromatic carbocycles. The number of anilines is 1. The Morgan fingerprint density at radius 3 is 2.48 bits per heavy atom. The first kappa shape index (κ1) is 17.6. The molecule has 1 aliphatic rings. The van der Waals surface area contributed by atoms with Gasteiger partial charge in [-0.15, -0.1) is 10.2 Å². The molecular weight excluding hydrogens is 333 g/mol. The molecule has 5 nitrogen and oxygen atoms in total. The number of hydrogen-bond acceptors (Lipinski definition) is 5. The van der Waals surface area contributed by atoms with Crippen LogP contribution in [0.3, 0.4) is 0 Å². The van der Waals surface area contributed by atoms with Gasteiger partial charge in [0.15, 0.2) is 5.82 Å². The Kier molecular flexibility index (Phi) is 5.50. The van der Waals surface area contributed by atoms with Crippen LogP contribution in [0.5, 0.6) is 0 Å². The predicted octanol–water partition coefficient (Wildman–Crippen LogP) is 2.91. The molecule has 0 aliphatic carbocycles. The van der Waals surface area contributed by atoms with Crippen molar-refractivity contribution in [3.8, 4) is 11.3 Å². The molecule has 1 saturated heterocycles. The highest BCUT2D eigenvalue weighted by Gasteiger charge is 2.35. The number of ether oxygens (including phenoxy) is 1. The molecule has 8 heteroatoms. The van der Waals surface area contributed by atoms with Crippen molar-refractivity contribution in [1.82, 2.24) is 15.1 Å². The lowest BCUT2D eigenvalue weighted by molar-refractivity contribution is -0.137. The molecule has 0 bridgehead atoms. The van der Waals surface area contributed by atoms with E-state index < -0.39 is 11.7 Å². The Balaban J connectivity index is 1.74. The van der Waals surface area contributed by atoms with E-state index in [4.69, 9.17) is 4.74 Å². The normalized spacial score (nSPS) is 16.0. The summed E-state index contributed by atoms with van der Waals surface area (Å²) in [6, 6.07) is 9.74. The van der Waals surface area contributed by atoms with Gasteiger partial charge in [0.25, 0.3) is 0 Å². The Morgan fingerprint density at radius 2 is 1.80 bits per heavy atom. The topological polar surface area (TPSA) is 50.3 Å². The highest BCUT2D eigenvalue weighted by Crippen LogP contribution is 2.35. The highest BCUT2D eigenvalue weighted by atomic mass is 19.4. The number of nitrogens with one attached hydrogen (secondary N) is 1. The Bertz CT molecular complexity index is 688. The van der Waals surface area contributed by atoms with Crippen LogP contribution >= 0.6 is 0 Å². The Morgan fingerprint density at radius 1 is 1.08 bits per heavy atom. The van der Waals surface area contributed by atoms with E-state index in [2.05, 4.69) is 20.4 Å². The molecule has 0 amide bonds. The molecule has 134 valence electrons. The Labute approximate surface area is 143 Å². The van der Waals surface area contributed by atoms with Gasteiger partial charge in [-0.05, 0) is 6.07 Å². The minimum absolute atomic E-state index is 0.201. The second-order valence-electron chi connectivity index (χ2n) is 5.74. The molecular formula is C17H19F3N4O. The van der Waals surface area contributed by atoms with Gasteiger partial charge in [0, 0.05) is 31.7 Å². The van der Waals surface area contributed by atoms with Crippen molar-refractivity contribution in [2.75, 3.05) is 44.7 Å². The smallest absolute Gasteiger partial charge is 0.379 e. The minimum atomic E-state index is -4.50. The van der Waals surface area contributed by atoms with E-state index in [0.29, 0.717) is 31.9 Å². The fourth-order valence-corrected chi connectivity index (χ4v) is 2.65. The summed E-state index contributed by atoms with van der Waals surface area (Å²) in [7, 11) is 0. The average Bonchev–Trinajstić information content (AvgIpc) is 2.63. The van der Waals surface area contributed by atoms with Crippen LogP contribution in [-0.2, 0) is 10.9 Å². The van der Waals surface area contributed by atoms with E-state index in [0.717, 1.165) is 19.2 Å². The third-order valence-corrected chi connectivity index (χ3v) is 3.99. The van der Waals surface area contributed by atoms with Crippen LogP contribution in [-0.4, -0.2) is 54.5 Å². The predicted molar refractivity (Wildman–Crippen MR) is 88.2 cm³/mol. The maximum atomic E-state index is 13.4. The zero-order valence-electron chi connectivity index (χ0n) is 13.6. The molecule has 25 heavy (non-hydrogen) atoms. The number of aromatic nitrogens is 2. The highest BCUT2D eigenvalue weighted by molar-refractivity contribution is 5.62. The quantitative estimate of drug-likeness (QED) is 0.897. The maximum Gasteiger partial charge on any atom is 0.420 e. The number of alkyl halides is 3. The molecule has 1 N–H and O–H groups in total. The first-order chi connectivity index (χ1) is 12.0. The molecule has 0 unspecified atom stereocenters. The van der Waals surface area contributed by atoms with Crippen molar-refractivity contribution < 1.29 is 17.9 Å². The standard InChI is InChI=1S/C17H19F3N4O/c18-17(19,20)14-12-15(13-4-2-1-3-5-13)22-23-16(14)21-6-7-24-8-10-25-11-9-24/h1-5,12H,6-11H2,(H,21,23).